The molecule has 10 unspecified atom stereocenters. The Labute approximate surface area is 255 Å². The predicted molar refractivity (Wildman–Crippen MR) is 164 cm³/mol. The van der Waals surface area contributed by atoms with Crippen molar-refractivity contribution in [2.24, 2.45) is 40.4 Å². The minimum absolute atomic E-state index is 0.114. The number of carbonyl (C=O) groups is 2. The van der Waals surface area contributed by atoms with E-state index in [0.717, 1.165) is 57.1 Å². The number of nitrogens with zero attached hydrogens (tertiary/aromatic N) is 1. The minimum atomic E-state index is -1.43. The lowest BCUT2D eigenvalue weighted by atomic mass is 9.46. The molecule has 7 heteroatoms. The molecule has 10 atom stereocenters. The van der Waals surface area contributed by atoms with Gasteiger partial charge in [0.2, 0.25) is 0 Å². The number of carbonyl (C=O) groups excluding carboxylic acids is 2. The molecule has 43 heavy (non-hydrogen) atoms. The van der Waals surface area contributed by atoms with Gasteiger partial charge in [-0.1, -0.05) is 68.1 Å². The van der Waals surface area contributed by atoms with E-state index in [0.29, 0.717) is 24.0 Å². The maximum absolute atomic E-state index is 11.6. The summed E-state index contributed by atoms with van der Waals surface area (Å²) in [6.07, 6.45) is 25.1. The van der Waals surface area contributed by atoms with E-state index in [4.69, 9.17) is 10.9 Å². The molecule has 0 spiro atoms. The third-order valence-corrected chi connectivity index (χ3v) is 11.8. The fourth-order valence-corrected chi connectivity index (χ4v) is 9.20. The fourth-order valence-electron chi connectivity index (χ4n) is 9.20. The molecule has 232 valence electrons. The van der Waals surface area contributed by atoms with Gasteiger partial charge in [0.05, 0.1) is 18.2 Å². The Morgan fingerprint density at radius 2 is 1.93 bits per heavy atom. The molecule has 0 aromatic carbocycles. The lowest BCUT2D eigenvalue weighted by Crippen LogP contribution is -2.54. The summed E-state index contributed by atoms with van der Waals surface area (Å²) in [5, 5.41) is 34.0. The number of aliphatic hydroxyl groups is 3. The van der Waals surface area contributed by atoms with Crippen LogP contribution in [-0.4, -0.2) is 50.4 Å². The molecule has 1 aromatic rings. The van der Waals surface area contributed by atoms with Crippen LogP contribution in [-0.2, 0) is 16.0 Å². The molecule has 0 saturated heterocycles. The van der Waals surface area contributed by atoms with Gasteiger partial charge in [-0.2, -0.15) is 0 Å². The Bertz CT molecular complexity index is 1340. The highest BCUT2D eigenvalue weighted by Gasteiger charge is 2.63. The molecule has 1 aromatic heterocycles. The standard InChI is InChI=1S/C22H27NO2.C14H20O4/c1-4-22(24)10-8-18-16-6-5-15-11-19-14(13-23-25-19)12-20(15,2)17(16)7-9-21(18,22)3;1-2-3-4-5-6-7-10-8-12(16)14(18)13(17)11(10)9-15/h1,11,13,16-18,24H,5-10,12H2,2-3H3;4-7,9-12,14,16,18H,2-3,8H2,1H3. The van der Waals surface area contributed by atoms with Crippen LogP contribution in [0.4, 0.5) is 0 Å². The van der Waals surface area contributed by atoms with Gasteiger partial charge in [-0.15, -0.1) is 6.42 Å². The number of terminal acetylenes is 1. The lowest BCUT2D eigenvalue weighted by Gasteiger charge is -2.58. The number of rotatable bonds is 5. The van der Waals surface area contributed by atoms with Crippen LogP contribution in [0.25, 0.3) is 6.08 Å². The van der Waals surface area contributed by atoms with Gasteiger partial charge in [-0.05, 0) is 93.0 Å². The summed E-state index contributed by atoms with van der Waals surface area (Å²) in [7, 11) is 0. The van der Waals surface area contributed by atoms with Crippen LogP contribution in [0.15, 0.2) is 40.6 Å². The van der Waals surface area contributed by atoms with E-state index < -0.39 is 29.5 Å². The van der Waals surface area contributed by atoms with Gasteiger partial charge >= 0.3 is 0 Å². The van der Waals surface area contributed by atoms with E-state index in [-0.39, 0.29) is 23.2 Å². The Morgan fingerprint density at radius 1 is 1.16 bits per heavy atom. The van der Waals surface area contributed by atoms with Crippen molar-refractivity contribution in [2.45, 2.75) is 103 Å². The second kappa shape index (κ2) is 12.3. The highest BCUT2D eigenvalue weighted by atomic mass is 16.5. The molecule has 6 rings (SSSR count). The third kappa shape index (κ3) is 5.41. The molecular weight excluding hydrogens is 542 g/mol. The minimum Gasteiger partial charge on any atom is -0.390 e. The monoisotopic (exact) mass is 589 g/mol. The van der Waals surface area contributed by atoms with Crippen LogP contribution in [0, 0.1) is 52.8 Å². The van der Waals surface area contributed by atoms with Crippen LogP contribution < -0.4 is 0 Å². The van der Waals surface area contributed by atoms with Crippen LogP contribution in [0.2, 0.25) is 0 Å². The average Bonchev–Trinajstić information content (AvgIpc) is 3.55. The number of hydrogen-bond acceptors (Lipinski definition) is 7. The number of hydrogen-bond donors (Lipinski definition) is 3. The summed E-state index contributed by atoms with van der Waals surface area (Å²) in [6.45, 7) is 6.79. The van der Waals surface area contributed by atoms with Gasteiger partial charge in [-0.25, -0.2) is 0 Å². The van der Waals surface area contributed by atoms with Crippen LogP contribution in [0.1, 0.15) is 89.9 Å². The Balaban J connectivity index is 0.000000183. The highest BCUT2D eigenvalue weighted by molar-refractivity contribution is 5.97. The zero-order chi connectivity index (χ0) is 31.0. The Morgan fingerprint density at radius 3 is 2.65 bits per heavy atom. The van der Waals surface area contributed by atoms with Crippen molar-refractivity contribution >= 4 is 18.1 Å². The summed E-state index contributed by atoms with van der Waals surface area (Å²) in [6, 6.07) is 0. The molecule has 4 fully saturated rings. The molecule has 7 nitrogen and oxygen atoms in total. The Hall–Kier alpha value is -2.79. The van der Waals surface area contributed by atoms with Crippen LogP contribution in [0.5, 0.6) is 0 Å². The van der Waals surface area contributed by atoms with E-state index in [1.807, 2.05) is 18.3 Å². The first-order valence-corrected chi connectivity index (χ1v) is 16.1. The molecule has 0 bridgehead atoms. The second-order valence-electron chi connectivity index (χ2n) is 14.0. The quantitative estimate of drug-likeness (QED) is 0.186. The predicted octanol–water partition coefficient (Wildman–Crippen LogP) is 5.25. The molecule has 1 heterocycles. The van der Waals surface area contributed by atoms with Gasteiger partial charge in [0.15, 0.2) is 11.5 Å². The normalized spacial score (nSPS) is 41.7. The molecule has 3 N–H and O–H groups in total. The topological polar surface area (TPSA) is 121 Å². The molecule has 0 amide bonds. The largest absolute Gasteiger partial charge is 0.390 e. The number of aliphatic hydroxyl groups excluding tert-OH is 2. The third-order valence-electron chi connectivity index (χ3n) is 11.8. The maximum Gasteiger partial charge on any atom is 0.174 e. The van der Waals surface area contributed by atoms with Crippen molar-refractivity contribution in [3.05, 3.63) is 47.4 Å². The van der Waals surface area contributed by atoms with Crippen molar-refractivity contribution in [1.29, 1.82) is 0 Å². The zero-order valence-electron chi connectivity index (χ0n) is 25.7. The van der Waals surface area contributed by atoms with Crippen LogP contribution >= 0.6 is 0 Å². The first kappa shape index (κ1) is 31.6. The summed E-state index contributed by atoms with van der Waals surface area (Å²) in [5.74, 6) is 3.87. The van der Waals surface area contributed by atoms with Crippen molar-refractivity contribution < 1.29 is 29.4 Å². The zero-order valence-corrected chi connectivity index (χ0v) is 25.7. The maximum atomic E-state index is 11.6. The van der Waals surface area contributed by atoms with E-state index in [2.05, 4.69) is 37.9 Å². The van der Waals surface area contributed by atoms with Gasteiger partial charge in [0.1, 0.15) is 18.0 Å². The van der Waals surface area contributed by atoms with E-state index in [9.17, 15) is 24.9 Å². The lowest BCUT2D eigenvalue weighted by molar-refractivity contribution is -0.146. The van der Waals surface area contributed by atoms with Crippen molar-refractivity contribution in [3.8, 4) is 12.3 Å². The molecule has 5 aliphatic rings. The smallest absolute Gasteiger partial charge is 0.174 e. The number of allylic oxidation sites excluding steroid dienone is 5. The molecule has 0 aliphatic heterocycles. The van der Waals surface area contributed by atoms with E-state index in [1.54, 1.807) is 17.7 Å². The van der Waals surface area contributed by atoms with Crippen molar-refractivity contribution in [1.82, 2.24) is 5.16 Å². The van der Waals surface area contributed by atoms with Gasteiger partial charge in [0.25, 0.3) is 0 Å². The molecule has 4 saturated carbocycles. The number of fused-ring (bicyclic) bond motifs is 6. The number of unbranched alkanes of at least 4 members (excludes halogenated alkanes) is 1. The number of aldehydes is 1. The first-order valence-electron chi connectivity index (χ1n) is 16.1. The highest BCUT2D eigenvalue weighted by Crippen LogP contribution is 2.67. The van der Waals surface area contributed by atoms with E-state index >= 15 is 0 Å². The van der Waals surface area contributed by atoms with Crippen molar-refractivity contribution in [3.63, 3.8) is 0 Å². The van der Waals surface area contributed by atoms with Crippen LogP contribution in [0.3, 0.4) is 0 Å². The van der Waals surface area contributed by atoms with Gasteiger partial charge < -0.3 is 24.6 Å². The van der Waals surface area contributed by atoms with Gasteiger partial charge in [0, 0.05) is 11.0 Å². The van der Waals surface area contributed by atoms with Crippen molar-refractivity contribution in [2.75, 3.05) is 0 Å². The molecule has 5 aliphatic carbocycles. The molecular formula is C36H47NO6. The fraction of sp³-hybridized carbons (Fsp3) is 0.639. The number of aromatic nitrogens is 1. The first-order chi connectivity index (χ1) is 20.5. The summed E-state index contributed by atoms with van der Waals surface area (Å²) in [5.41, 5.74) is 1.99. The second-order valence-corrected chi connectivity index (χ2v) is 14.0. The molecule has 0 radical (unpaired) electrons. The summed E-state index contributed by atoms with van der Waals surface area (Å²) < 4.78 is 5.43. The SMILES string of the molecule is C#CC1(O)CCC2C3CCC4=Cc5oncc5CC4(C)C3CCC21C.CCCC=CC=CC1CC(O)C(O)C(=O)C1C=O. The number of Topliss-reactive ketones (excluding diaryl/α,β-unsaturated/α-hetero) is 1. The Kier molecular flexibility index (Phi) is 9.05. The average molecular weight is 590 g/mol. The summed E-state index contributed by atoms with van der Waals surface area (Å²) in [4.78, 5) is 22.5. The number of ketones is 1. The van der Waals surface area contributed by atoms with E-state index in [1.165, 1.54) is 12.0 Å². The summed E-state index contributed by atoms with van der Waals surface area (Å²) >= 11 is 0. The van der Waals surface area contributed by atoms with Gasteiger partial charge in [-0.3, -0.25) is 4.79 Å².